The van der Waals surface area contributed by atoms with Crippen molar-refractivity contribution >= 4 is 0 Å². The third-order valence-corrected chi connectivity index (χ3v) is 3.21. The lowest BCUT2D eigenvalue weighted by molar-refractivity contribution is 0.193. The summed E-state index contributed by atoms with van der Waals surface area (Å²) in [5.41, 5.74) is 0. The highest BCUT2D eigenvalue weighted by Gasteiger charge is 2.17. The fourth-order valence-electron chi connectivity index (χ4n) is 2.27. The van der Waals surface area contributed by atoms with Crippen LogP contribution in [0.2, 0.25) is 0 Å². The molecule has 2 N–H and O–H groups in total. The first-order chi connectivity index (χ1) is 7.36. The Morgan fingerprint density at radius 3 is 2.53 bits per heavy atom. The second-order valence-electron chi connectivity index (χ2n) is 4.46. The van der Waals surface area contributed by atoms with Crippen molar-refractivity contribution in [1.29, 1.82) is 0 Å². The molecule has 15 heavy (non-hydrogen) atoms. The van der Waals surface area contributed by atoms with Gasteiger partial charge in [-0.15, -0.1) is 0 Å². The maximum Gasteiger partial charge on any atom is 0.0431 e. The van der Waals surface area contributed by atoms with Crippen molar-refractivity contribution in [1.82, 2.24) is 10.2 Å². The molecule has 1 aliphatic rings. The predicted octanol–water partition coefficient (Wildman–Crippen LogP) is 1.22. The summed E-state index contributed by atoms with van der Waals surface area (Å²) in [7, 11) is 0. The average Bonchev–Trinajstić information content (AvgIpc) is 2.27. The lowest BCUT2D eigenvalue weighted by Crippen LogP contribution is -2.42. The van der Waals surface area contributed by atoms with Crippen LogP contribution in [-0.4, -0.2) is 48.8 Å². The first-order valence-electron chi connectivity index (χ1n) is 6.43. The molecule has 1 saturated heterocycles. The zero-order valence-electron chi connectivity index (χ0n) is 10.0. The normalized spacial score (nSPS) is 19.6. The second-order valence-corrected chi connectivity index (χ2v) is 4.46. The fraction of sp³-hybridized carbons (Fsp3) is 1.00. The van der Waals surface area contributed by atoms with Crippen LogP contribution in [0.1, 0.15) is 39.0 Å². The Labute approximate surface area is 93.9 Å². The largest absolute Gasteiger partial charge is 0.396 e. The molecule has 0 aliphatic carbocycles. The van der Waals surface area contributed by atoms with E-state index in [0.29, 0.717) is 6.61 Å². The zero-order valence-corrected chi connectivity index (χ0v) is 10.0. The molecule has 1 aliphatic heterocycles. The molecule has 90 valence electrons. The van der Waals surface area contributed by atoms with Crippen LogP contribution >= 0.6 is 0 Å². The molecule has 0 spiro atoms. The van der Waals surface area contributed by atoms with Gasteiger partial charge in [0.2, 0.25) is 0 Å². The van der Waals surface area contributed by atoms with Gasteiger partial charge < -0.3 is 15.3 Å². The number of hydrogen-bond donors (Lipinski definition) is 2. The first-order valence-corrected chi connectivity index (χ1v) is 6.43. The van der Waals surface area contributed by atoms with Crippen LogP contribution in [0.3, 0.4) is 0 Å². The van der Waals surface area contributed by atoms with E-state index < -0.39 is 0 Å². The fourth-order valence-corrected chi connectivity index (χ4v) is 2.27. The molecule has 0 aromatic heterocycles. The van der Waals surface area contributed by atoms with Gasteiger partial charge in [-0.25, -0.2) is 0 Å². The minimum absolute atomic E-state index is 0.350. The van der Waals surface area contributed by atoms with Gasteiger partial charge in [0.05, 0.1) is 0 Å². The number of unbranched alkanes of at least 4 members (excludes halogenated alkanes) is 2. The van der Waals surface area contributed by atoms with Crippen LogP contribution in [0.5, 0.6) is 0 Å². The van der Waals surface area contributed by atoms with Crippen LogP contribution in [0.4, 0.5) is 0 Å². The van der Waals surface area contributed by atoms with E-state index in [1.54, 1.807) is 0 Å². The van der Waals surface area contributed by atoms with Gasteiger partial charge in [0, 0.05) is 12.6 Å². The molecule has 0 amide bonds. The monoisotopic (exact) mass is 214 g/mol. The van der Waals surface area contributed by atoms with Crippen molar-refractivity contribution in [3.05, 3.63) is 0 Å². The molecular formula is C12H26N2O. The van der Waals surface area contributed by atoms with Crippen molar-refractivity contribution in [2.75, 3.05) is 32.8 Å². The molecule has 0 atom stereocenters. The standard InChI is InChI=1S/C12H26N2O/c1-2-13-12-6-9-14(10-7-12)8-4-3-5-11-15/h12-13,15H,2-11H2,1H3. The third kappa shape index (κ3) is 5.50. The number of piperidine rings is 1. The highest BCUT2D eigenvalue weighted by atomic mass is 16.2. The van der Waals surface area contributed by atoms with Crippen LogP contribution in [-0.2, 0) is 0 Å². The van der Waals surface area contributed by atoms with E-state index in [9.17, 15) is 0 Å². The summed E-state index contributed by atoms with van der Waals surface area (Å²) >= 11 is 0. The van der Waals surface area contributed by atoms with Gasteiger partial charge in [-0.2, -0.15) is 0 Å². The Bertz CT molecular complexity index is 142. The summed E-state index contributed by atoms with van der Waals surface area (Å²) in [6, 6.07) is 0.753. The Kier molecular flexibility index (Phi) is 6.98. The van der Waals surface area contributed by atoms with Crippen molar-refractivity contribution < 1.29 is 5.11 Å². The van der Waals surface area contributed by atoms with E-state index in [-0.39, 0.29) is 0 Å². The van der Waals surface area contributed by atoms with Gasteiger partial charge in [-0.1, -0.05) is 6.92 Å². The van der Waals surface area contributed by atoms with E-state index in [0.717, 1.165) is 19.0 Å². The van der Waals surface area contributed by atoms with Gasteiger partial charge in [0.15, 0.2) is 0 Å². The van der Waals surface area contributed by atoms with Gasteiger partial charge >= 0.3 is 0 Å². The minimum Gasteiger partial charge on any atom is -0.396 e. The topological polar surface area (TPSA) is 35.5 Å². The molecule has 1 rings (SSSR count). The van der Waals surface area contributed by atoms with E-state index in [4.69, 9.17) is 5.11 Å². The lowest BCUT2D eigenvalue weighted by atomic mass is 10.0. The van der Waals surface area contributed by atoms with Crippen LogP contribution in [0.15, 0.2) is 0 Å². The van der Waals surface area contributed by atoms with E-state index in [1.165, 1.54) is 45.3 Å². The molecule has 0 bridgehead atoms. The Balaban J connectivity index is 1.99. The summed E-state index contributed by atoms with van der Waals surface area (Å²) in [6.45, 7) is 7.34. The highest BCUT2D eigenvalue weighted by molar-refractivity contribution is 4.76. The van der Waals surface area contributed by atoms with Crippen molar-refractivity contribution in [2.24, 2.45) is 0 Å². The van der Waals surface area contributed by atoms with Gasteiger partial charge in [-0.05, 0) is 58.3 Å². The maximum atomic E-state index is 8.68. The molecule has 0 aromatic carbocycles. The molecule has 3 heteroatoms. The number of aliphatic hydroxyl groups is 1. The lowest BCUT2D eigenvalue weighted by Gasteiger charge is -2.32. The number of nitrogens with zero attached hydrogens (tertiary/aromatic N) is 1. The van der Waals surface area contributed by atoms with Crippen molar-refractivity contribution in [3.8, 4) is 0 Å². The summed E-state index contributed by atoms with van der Waals surface area (Å²) in [5, 5.41) is 12.2. The van der Waals surface area contributed by atoms with Crippen LogP contribution in [0.25, 0.3) is 0 Å². The average molecular weight is 214 g/mol. The molecule has 0 aromatic rings. The third-order valence-electron chi connectivity index (χ3n) is 3.21. The second kappa shape index (κ2) is 8.08. The van der Waals surface area contributed by atoms with E-state index in [2.05, 4.69) is 17.1 Å². The number of aliphatic hydroxyl groups excluding tert-OH is 1. The molecule has 1 heterocycles. The predicted molar refractivity (Wildman–Crippen MR) is 64.1 cm³/mol. The van der Waals surface area contributed by atoms with Crippen molar-refractivity contribution in [2.45, 2.75) is 45.1 Å². The maximum absolute atomic E-state index is 8.68. The molecular weight excluding hydrogens is 188 g/mol. The molecule has 1 fully saturated rings. The smallest absolute Gasteiger partial charge is 0.0431 e. The van der Waals surface area contributed by atoms with E-state index in [1.807, 2.05) is 0 Å². The number of nitrogens with one attached hydrogen (secondary N) is 1. The highest BCUT2D eigenvalue weighted by Crippen LogP contribution is 2.11. The van der Waals surface area contributed by atoms with Crippen LogP contribution in [0, 0.1) is 0 Å². The number of hydrogen-bond acceptors (Lipinski definition) is 3. The summed E-state index contributed by atoms with van der Waals surface area (Å²) in [6.07, 6.45) is 5.98. The molecule has 0 unspecified atom stereocenters. The molecule has 0 radical (unpaired) electrons. The summed E-state index contributed by atoms with van der Waals surface area (Å²) in [5.74, 6) is 0. The first kappa shape index (κ1) is 12.9. The summed E-state index contributed by atoms with van der Waals surface area (Å²) in [4.78, 5) is 2.56. The van der Waals surface area contributed by atoms with Crippen molar-refractivity contribution in [3.63, 3.8) is 0 Å². The SMILES string of the molecule is CCNC1CCN(CCCCCO)CC1. The van der Waals surface area contributed by atoms with Crippen LogP contribution < -0.4 is 5.32 Å². The Morgan fingerprint density at radius 2 is 1.93 bits per heavy atom. The zero-order chi connectivity index (χ0) is 10.9. The van der Waals surface area contributed by atoms with Gasteiger partial charge in [-0.3, -0.25) is 0 Å². The van der Waals surface area contributed by atoms with Gasteiger partial charge in [0.25, 0.3) is 0 Å². The Hall–Kier alpha value is -0.120. The number of rotatable bonds is 7. The Morgan fingerprint density at radius 1 is 1.20 bits per heavy atom. The molecule has 3 nitrogen and oxygen atoms in total. The molecule has 0 saturated carbocycles. The number of likely N-dealkylation sites (tertiary alicyclic amines) is 1. The van der Waals surface area contributed by atoms with E-state index >= 15 is 0 Å². The quantitative estimate of drug-likeness (QED) is 0.626. The summed E-state index contributed by atoms with van der Waals surface area (Å²) < 4.78 is 0. The van der Waals surface area contributed by atoms with Gasteiger partial charge in [0.1, 0.15) is 0 Å². The minimum atomic E-state index is 0.350.